The average molecular weight is 635 g/mol. The van der Waals surface area contributed by atoms with Crippen LogP contribution in [0.4, 0.5) is 0 Å². The molecule has 2 aromatic carbocycles. The maximum Gasteiger partial charge on any atom is 0.306 e. The molecule has 0 heterocycles. The van der Waals surface area contributed by atoms with Crippen molar-refractivity contribution in [1.82, 2.24) is 0 Å². The third kappa shape index (κ3) is 11.8. The summed E-state index contributed by atoms with van der Waals surface area (Å²) in [7, 11) is 0. The van der Waals surface area contributed by atoms with Gasteiger partial charge in [-0.3, -0.25) is 4.79 Å². The van der Waals surface area contributed by atoms with E-state index in [1.807, 2.05) is 81.4 Å². The molecular weight excluding hydrogens is 577 g/mol. The molecule has 0 aromatic heterocycles. The Kier molecular flexibility index (Phi) is 23.3. The topological polar surface area (TPSA) is 66.8 Å². The van der Waals surface area contributed by atoms with Crippen LogP contribution in [0.1, 0.15) is 105 Å². The molecule has 0 saturated heterocycles. The van der Waals surface area contributed by atoms with Crippen molar-refractivity contribution >= 4 is 60.0 Å². The summed E-state index contributed by atoms with van der Waals surface area (Å²) in [6.45, 7) is 7.76. The van der Waals surface area contributed by atoms with Crippen molar-refractivity contribution in [1.29, 1.82) is 0 Å². The maximum atomic E-state index is 12.0. The summed E-state index contributed by atoms with van der Waals surface area (Å²) in [4.78, 5) is 12.0. The van der Waals surface area contributed by atoms with E-state index in [0.717, 1.165) is 43.2 Å². The Hall–Kier alpha value is -0.770. The quantitative estimate of drug-likeness (QED) is 0.325. The molecule has 0 bridgehead atoms. The largest absolute Gasteiger partial charge is 0.460 e. The van der Waals surface area contributed by atoms with Crippen molar-refractivity contribution in [2.75, 3.05) is 0 Å². The Bertz CT molecular complexity index is 924. The van der Waals surface area contributed by atoms with E-state index in [9.17, 15) is 15.0 Å². The van der Waals surface area contributed by atoms with E-state index in [4.69, 9.17) is 4.74 Å². The minimum atomic E-state index is -0.891. The van der Waals surface area contributed by atoms with Crippen LogP contribution < -0.4 is 0 Å². The summed E-state index contributed by atoms with van der Waals surface area (Å²) in [6, 6.07) is 19.8. The number of hydrogen-bond donors (Lipinski definition) is 2. The van der Waals surface area contributed by atoms with Crippen molar-refractivity contribution in [2.24, 2.45) is 11.8 Å². The molecule has 4 nitrogen and oxygen atoms in total. The lowest BCUT2D eigenvalue weighted by molar-refractivity contribution is -0.158. The first-order chi connectivity index (χ1) is 16.1. The molecule has 0 spiro atoms. The predicted molar refractivity (Wildman–Crippen MR) is 191 cm³/mol. The molecule has 234 valence electrons. The lowest BCUT2D eigenvalue weighted by atomic mass is 9.82. The van der Waals surface area contributed by atoms with Gasteiger partial charge in [-0.1, -0.05) is 88.9 Å². The molecule has 2 aliphatic rings. The zero-order valence-corrected chi connectivity index (χ0v) is 27.3. The van der Waals surface area contributed by atoms with Gasteiger partial charge in [0, 0.05) is 5.92 Å². The maximum absolute atomic E-state index is 12.0. The SMILES string of the molecule is C.C.CC(C)(C)OC(=O)C[C@H]1CCC[C@]1(O)c1ccccc1.CC[C@H]1CCC[C@]1(O)c1ccccc1.S.S.S.S. The molecule has 0 amide bonds. The number of carbonyl (C=O) groups excluding carboxylic acids is 1. The molecule has 2 saturated carbocycles. The van der Waals surface area contributed by atoms with Gasteiger partial charge in [-0.05, 0) is 76.3 Å². The van der Waals surface area contributed by atoms with E-state index in [-0.39, 0.29) is 87.1 Å². The van der Waals surface area contributed by atoms with Crippen LogP contribution in [0.3, 0.4) is 0 Å². The molecule has 8 heteroatoms. The highest BCUT2D eigenvalue weighted by molar-refractivity contribution is 7.59. The van der Waals surface area contributed by atoms with E-state index in [0.29, 0.717) is 12.3 Å². The molecule has 2 fully saturated rings. The summed E-state index contributed by atoms with van der Waals surface area (Å²) in [5, 5.41) is 21.6. The molecule has 4 atom stereocenters. The lowest BCUT2D eigenvalue weighted by Crippen LogP contribution is -2.33. The highest BCUT2D eigenvalue weighted by Gasteiger charge is 2.44. The first kappa shape index (κ1) is 46.2. The molecular formula is C32H58O4S4. The molecule has 2 aromatic rings. The summed E-state index contributed by atoms with van der Waals surface area (Å²) in [5.41, 5.74) is 0.102. The normalized spacial score (nSPS) is 24.4. The van der Waals surface area contributed by atoms with Crippen LogP contribution in [-0.2, 0) is 20.7 Å². The molecule has 0 aliphatic heterocycles. The van der Waals surface area contributed by atoms with Gasteiger partial charge in [-0.25, -0.2) is 0 Å². The van der Waals surface area contributed by atoms with E-state index in [1.54, 1.807) is 0 Å². The van der Waals surface area contributed by atoms with Gasteiger partial charge in [0.15, 0.2) is 0 Å². The fourth-order valence-electron chi connectivity index (χ4n) is 5.73. The van der Waals surface area contributed by atoms with Gasteiger partial charge in [-0.2, -0.15) is 54.0 Å². The second-order valence-electron chi connectivity index (χ2n) is 11.0. The number of benzene rings is 2. The van der Waals surface area contributed by atoms with Crippen LogP contribution in [0, 0.1) is 11.8 Å². The van der Waals surface area contributed by atoms with Gasteiger partial charge in [0.05, 0.1) is 17.6 Å². The molecule has 4 rings (SSSR count). The van der Waals surface area contributed by atoms with Crippen LogP contribution >= 0.6 is 54.0 Å². The highest BCUT2D eigenvalue weighted by Crippen LogP contribution is 2.46. The first-order valence-corrected chi connectivity index (χ1v) is 12.9. The molecule has 2 N–H and O–H groups in total. The van der Waals surface area contributed by atoms with Gasteiger partial charge >= 0.3 is 5.97 Å². The van der Waals surface area contributed by atoms with Crippen molar-refractivity contribution in [3.8, 4) is 0 Å². The Morgan fingerprint density at radius 2 is 1.15 bits per heavy atom. The van der Waals surface area contributed by atoms with Crippen molar-refractivity contribution < 1.29 is 19.7 Å². The number of ether oxygens (including phenoxy) is 1. The molecule has 2 aliphatic carbocycles. The average Bonchev–Trinajstić information content (AvgIpc) is 3.38. The second-order valence-corrected chi connectivity index (χ2v) is 11.0. The van der Waals surface area contributed by atoms with E-state index in [2.05, 4.69) is 6.92 Å². The third-order valence-electron chi connectivity index (χ3n) is 7.44. The van der Waals surface area contributed by atoms with Gasteiger partial charge in [-0.15, -0.1) is 0 Å². The van der Waals surface area contributed by atoms with Crippen LogP contribution in [0.2, 0.25) is 0 Å². The standard InChI is InChI=1S/C17H24O3.C13H18O.2CH4.4H2S/c1-16(2,3)20-15(18)12-14-10-7-11-17(14,19)13-8-5-4-6-9-13;1-2-11-9-6-10-13(11,14)12-7-4-3-5-8-12;;;;;;/h4-6,8-9,14,19H,7,10-12H2,1-3H3;3-5,7-8,11,14H,2,6,9-10H2,1H3;2*1H4;4*1H2/t14-,17+;11-,13+;;;;;;/m10....../s1. The summed E-state index contributed by atoms with van der Waals surface area (Å²) in [6.07, 6.45) is 7.13. The number of carbonyl (C=O) groups is 1. The van der Waals surface area contributed by atoms with Crippen LogP contribution in [0.25, 0.3) is 0 Å². The van der Waals surface area contributed by atoms with E-state index >= 15 is 0 Å². The molecule has 0 radical (unpaired) electrons. The summed E-state index contributed by atoms with van der Waals surface area (Å²) < 4.78 is 5.38. The smallest absolute Gasteiger partial charge is 0.306 e. The van der Waals surface area contributed by atoms with Crippen molar-refractivity contribution in [2.45, 2.75) is 111 Å². The van der Waals surface area contributed by atoms with E-state index in [1.165, 1.54) is 6.42 Å². The zero-order chi connectivity index (χ0) is 24.8. The summed E-state index contributed by atoms with van der Waals surface area (Å²) >= 11 is 0. The predicted octanol–water partition coefficient (Wildman–Crippen LogP) is 8.21. The Balaban J connectivity index is -0.000000293. The monoisotopic (exact) mass is 634 g/mol. The Morgan fingerprint density at radius 3 is 1.52 bits per heavy atom. The van der Waals surface area contributed by atoms with Crippen LogP contribution in [0.15, 0.2) is 60.7 Å². The fraction of sp³-hybridized carbons (Fsp3) is 0.594. The van der Waals surface area contributed by atoms with E-state index < -0.39 is 16.8 Å². The summed E-state index contributed by atoms with van der Waals surface area (Å²) in [5.74, 6) is 0.170. The number of esters is 1. The van der Waals surface area contributed by atoms with Gasteiger partial charge in [0.1, 0.15) is 5.60 Å². The molecule has 40 heavy (non-hydrogen) atoms. The third-order valence-corrected chi connectivity index (χ3v) is 7.44. The Labute approximate surface area is 272 Å². The minimum Gasteiger partial charge on any atom is -0.460 e. The van der Waals surface area contributed by atoms with Gasteiger partial charge < -0.3 is 14.9 Å². The minimum absolute atomic E-state index is 0. The van der Waals surface area contributed by atoms with Crippen LogP contribution in [0.5, 0.6) is 0 Å². The van der Waals surface area contributed by atoms with Gasteiger partial charge in [0.2, 0.25) is 0 Å². The zero-order valence-electron chi connectivity index (χ0n) is 23.3. The second kappa shape index (κ2) is 20.2. The lowest BCUT2D eigenvalue weighted by Gasteiger charge is -2.31. The fourth-order valence-corrected chi connectivity index (χ4v) is 5.73. The highest BCUT2D eigenvalue weighted by atomic mass is 32.1. The van der Waals surface area contributed by atoms with Crippen molar-refractivity contribution in [3.05, 3.63) is 71.8 Å². The number of rotatable bonds is 5. The van der Waals surface area contributed by atoms with Crippen LogP contribution in [-0.4, -0.2) is 21.8 Å². The number of hydrogen-bond acceptors (Lipinski definition) is 4. The van der Waals surface area contributed by atoms with Gasteiger partial charge in [0.25, 0.3) is 0 Å². The first-order valence-electron chi connectivity index (χ1n) is 12.9. The number of aliphatic hydroxyl groups is 2. The Morgan fingerprint density at radius 1 is 0.775 bits per heavy atom. The van der Waals surface area contributed by atoms with Crippen molar-refractivity contribution in [3.63, 3.8) is 0 Å². The molecule has 0 unspecified atom stereocenters.